The zero-order valence-electron chi connectivity index (χ0n) is 10.6. The van der Waals surface area contributed by atoms with E-state index in [1.807, 2.05) is 38.1 Å². The lowest BCUT2D eigenvalue weighted by molar-refractivity contribution is -0.147. The first-order valence-corrected chi connectivity index (χ1v) is 6.72. The fourth-order valence-electron chi connectivity index (χ4n) is 1.62. The second-order valence-corrected chi connectivity index (χ2v) is 5.29. The highest BCUT2D eigenvalue weighted by molar-refractivity contribution is 9.10. The molecule has 1 aromatic carbocycles. The lowest BCUT2D eigenvalue weighted by Crippen LogP contribution is -2.13. The molecule has 1 unspecified atom stereocenters. The maximum absolute atomic E-state index is 11.4. The second kappa shape index (κ2) is 7.31. The molecule has 0 saturated carbocycles. The maximum Gasteiger partial charge on any atom is 0.306 e. The third-order valence-electron chi connectivity index (χ3n) is 2.49. The molecule has 0 fully saturated rings. The summed E-state index contributed by atoms with van der Waals surface area (Å²) >= 11 is 3.34. The van der Waals surface area contributed by atoms with Gasteiger partial charge in [-0.3, -0.25) is 4.79 Å². The van der Waals surface area contributed by atoms with Crippen LogP contribution in [0.2, 0.25) is 0 Å². The normalized spacial score (nSPS) is 12.2. The van der Waals surface area contributed by atoms with Crippen LogP contribution in [-0.4, -0.2) is 18.4 Å². The van der Waals surface area contributed by atoms with E-state index in [1.165, 1.54) is 0 Å². The third-order valence-corrected chi connectivity index (χ3v) is 3.02. The van der Waals surface area contributed by atoms with Crippen molar-refractivity contribution in [1.29, 1.82) is 0 Å². The second-order valence-electron chi connectivity index (χ2n) is 4.37. The van der Waals surface area contributed by atoms with Gasteiger partial charge in [0, 0.05) is 16.8 Å². The topological polar surface area (TPSA) is 43.4 Å². The van der Waals surface area contributed by atoms with E-state index in [0.29, 0.717) is 6.42 Å². The number of halogens is 1. The third kappa shape index (κ3) is 5.00. The Balaban J connectivity index is 2.55. The Bertz CT molecular complexity index is 398. The van der Waals surface area contributed by atoms with Crippen LogP contribution in [0.25, 0.3) is 0 Å². The van der Waals surface area contributed by atoms with Gasteiger partial charge in [0.1, 0.15) is 6.29 Å². The Hall–Kier alpha value is -1.16. The quantitative estimate of drug-likeness (QED) is 0.597. The maximum atomic E-state index is 11.4. The molecule has 3 nitrogen and oxygen atoms in total. The molecule has 0 saturated heterocycles. The fourth-order valence-corrected chi connectivity index (χ4v) is 1.88. The summed E-state index contributed by atoms with van der Waals surface area (Å²) in [4.78, 5) is 22.5. The molecule has 0 bridgehead atoms. The van der Waals surface area contributed by atoms with Gasteiger partial charge in [-0.1, -0.05) is 28.1 Å². The van der Waals surface area contributed by atoms with Crippen LogP contribution in [0, 0.1) is 0 Å². The number of ether oxygens (including phenoxy) is 1. The Morgan fingerprint density at radius 2 is 1.94 bits per heavy atom. The van der Waals surface area contributed by atoms with E-state index >= 15 is 0 Å². The smallest absolute Gasteiger partial charge is 0.306 e. The molecule has 4 heteroatoms. The summed E-state index contributed by atoms with van der Waals surface area (Å²) in [6.07, 6.45) is 1.51. The number of carbonyl (C=O) groups is 2. The van der Waals surface area contributed by atoms with Gasteiger partial charge in [0.05, 0.1) is 6.10 Å². The molecule has 0 aromatic heterocycles. The van der Waals surface area contributed by atoms with E-state index in [1.54, 1.807) is 0 Å². The summed E-state index contributed by atoms with van der Waals surface area (Å²) in [5.41, 5.74) is 0.922. The highest BCUT2D eigenvalue weighted by Gasteiger charge is 2.14. The Morgan fingerprint density at radius 1 is 1.33 bits per heavy atom. The van der Waals surface area contributed by atoms with Gasteiger partial charge in [0.25, 0.3) is 0 Å². The van der Waals surface area contributed by atoms with E-state index in [-0.39, 0.29) is 24.4 Å². The van der Waals surface area contributed by atoms with Crippen molar-refractivity contribution < 1.29 is 14.3 Å². The van der Waals surface area contributed by atoms with Gasteiger partial charge in [-0.05, 0) is 38.0 Å². The SMILES string of the molecule is CC(C)OC(=O)CCC(C=O)c1ccc(Br)cc1. The highest BCUT2D eigenvalue weighted by atomic mass is 79.9. The lowest BCUT2D eigenvalue weighted by Gasteiger charge is -2.12. The van der Waals surface area contributed by atoms with E-state index in [2.05, 4.69) is 15.9 Å². The predicted molar refractivity (Wildman–Crippen MR) is 73.4 cm³/mol. The Labute approximate surface area is 116 Å². The van der Waals surface area contributed by atoms with Crippen LogP contribution in [0.3, 0.4) is 0 Å². The van der Waals surface area contributed by atoms with Crippen molar-refractivity contribution in [3.8, 4) is 0 Å². The van der Waals surface area contributed by atoms with Crippen LogP contribution in [0.4, 0.5) is 0 Å². The van der Waals surface area contributed by atoms with Gasteiger partial charge in [0.15, 0.2) is 0 Å². The molecule has 18 heavy (non-hydrogen) atoms. The van der Waals surface area contributed by atoms with Gasteiger partial charge in [-0.15, -0.1) is 0 Å². The molecule has 0 spiro atoms. The van der Waals surface area contributed by atoms with Crippen molar-refractivity contribution in [2.45, 2.75) is 38.7 Å². The molecular weight excluding hydrogens is 296 g/mol. The Morgan fingerprint density at radius 3 is 2.44 bits per heavy atom. The van der Waals surface area contributed by atoms with Crippen molar-refractivity contribution in [2.75, 3.05) is 0 Å². The van der Waals surface area contributed by atoms with Crippen molar-refractivity contribution in [1.82, 2.24) is 0 Å². The highest BCUT2D eigenvalue weighted by Crippen LogP contribution is 2.21. The van der Waals surface area contributed by atoms with Crippen LogP contribution in [0.15, 0.2) is 28.7 Å². The zero-order valence-corrected chi connectivity index (χ0v) is 12.1. The van der Waals surface area contributed by atoms with E-state index in [0.717, 1.165) is 16.3 Å². The first kappa shape index (κ1) is 14.9. The molecule has 0 aliphatic carbocycles. The Kier molecular flexibility index (Phi) is 6.05. The molecule has 1 aromatic rings. The molecule has 0 radical (unpaired) electrons. The summed E-state index contributed by atoms with van der Waals surface area (Å²) in [5.74, 6) is -0.508. The molecule has 98 valence electrons. The summed E-state index contributed by atoms with van der Waals surface area (Å²) in [7, 11) is 0. The zero-order chi connectivity index (χ0) is 13.5. The molecular formula is C14H17BrO3. The molecule has 0 aliphatic heterocycles. The van der Waals surface area contributed by atoms with Gasteiger partial charge in [-0.25, -0.2) is 0 Å². The number of hydrogen-bond acceptors (Lipinski definition) is 3. The first-order valence-electron chi connectivity index (χ1n) is 5.93. The van der Waals surface area contributed by atoms with Crippen LogP contribution in [0.5, 0.6) is 0 Å². The van der Waals surface area contributed by atoms with Crippen LogP contribution in [0.1, 0.15) is 38.2 Å². The first-order chi connectivity index (χ1) is 8.52. The number of rotatable bonds is 6. The molecule has 0 aliphatic rings. The summed E-state index contributed by atoms with van der Waals surface area (Å²) < 4.78 is 6.01. The number of aldehydes is 1. The van der Waals surface area contributed by atoms with Crippen molar-refractivity contribution >= 4 is 28.2 Å². The lowest BCUT2D eigenvalue weighted by atomic mass is 9.96. The molecule has 0 heterocycles. The molecule has 0 N–H and O–H groups in total. The van der Waals surface area contributed by atoms with Gasteiger partial charge in [-0.2, -0.15) is 0 Å². The minimum Gasteiger partial charge on any atom is -0.463 e. The monoisotopic (exact) mass is 312 g/mol. The van der Waals surface area contributed by atoms with E-state index in [4.69, 9.17) is 4.74 Å². The number of benzene rings is 1. The fraction of sp³-hybridized carbons (Fsp3) is 0.429. The van der Waals surface area contributed by atoms with Crippen LogP contribution >= 0.6 is 15.9 Å². The van der Waals surface area contributed by atoms with Gasteiger partial charge in [0.2, 0.25) is 0 Å². The average Bonchev–Trinajstić information content (AvgIpc) is 2.31. The van der Waals surface area contributed by atoms with Gasteiger partial charge >= 0.3 is 5.97 Å². The van der Waals surface area contributed by atoms with Crippen molar-refractivity contribution in [2.24, 2.45) is 0 Å². The van der Waals surface area contributed by atoms with E-state index < -0.39 is 0 Å². The number of esters is 1. The number of carbonyl (C=O) groups excluding carboxylic acids is 2. The summed E-state index contributed by atoms with van der Waals surface area (Å²) in [5, 5.41) is 0. The standard InChI is InChI=1S/C14H17BrO3/c1-10(2)18-14(17)8-5-12(9-16)11-3-6-13(15)7-4-11/h3-4,6-7,9-10,12H,5,8H2,1-2H3. The van der Waals surface area contributed by atoms with Crippen LogP contribution < -0.4 is 0 Å². The predicted octanol–water partition coefficient (Wildman–Crippen LogP) is 3.46. The largest absolute Gasteiger partial charge is 0.463 e. The molecule has 1 rings (SSSR count). The van der Waals surface area contributed by atoms with E-state index in [9.17, 15) is 9.59 Å². The van der Waals surface area contributed by atoms with Crippen LogP contribution in [-0.2, 0) is 14.3 Å². The summed E-state index contributed by atoms with van der Waals surface area (Å²) in [6.45, 7) is 3.62. The summed E-state index contributed by atoms with van der Waals surface area (Å²) in [6, 6.07) is 7.55. The average molecular weight is 313 g/mol. The van der Waals surface area contributed by atoms with Crippen molar-refractivity contribution in [3.05, 3.63) is 34.3 Å². The molecule has 1 atom stereocenters. The minimum atomic E-state index is -0.256. The number of hydrogen-bond donors (Lipinski definition) is 0. The van der Waals surface area contributed by atoms with Gasteiger partial charge < -0.3 is 9.53 Å². The molecule has 0 amide bonds. The minimum absolute atomic E-state index is 0.111. The van der Waals surface area contributed by atoms with Crippen molar-refractivity contribution in [3.63, 3.8) is 0 Å².